The maximum Gasteiger partial charge on any atom is 0.262 e. The van der Waals surface area contributed by atoms with Crippen LogP contribution in [-0.4, -0.2) is 19.6 Å². The number of rotatable bonds is 5. The van der Waals surface area contributed by atoms with Gasteiger partial charge in [-0.25, -0.2) is 0 Å². The summed E-state index contributed by atoms with van der Waals surface area (Å²) >= 11 is 0. The molecule has 0 aliphatic heterocycles. The third-order valence-electron chi connectivity index (χ3n) is 4.92. The molecule has 0 fully saturated rings. The molecule has 4 rings (SSSR count). The van der Waals surface area contributed by atoms with Crippen molar-refractivity contribution in [1.82, 2.24) is 0 Å². The number of carbonyl (C=O) groups excluding carboxylic acids is 1. The highest BCUT2D eigenvalue weighted by Crippen LogP contribution is 2.28. The van der Waals surface area contributed by atoms with Crippen molar-refractivity contribution >= 4 is 33.5 Å². The standard InChI is InChI=1S/C24H21NO5/c1-14-6-4-7-15(2)23(14)29-13-21(26)25-16-10-11-17-20(12-16)30-24-18(22(17)27)8-5-9-19(24)28-3/h4-12H,13H2,1-3H3,(H,25,26). The summed E-state index contributed by atoms with van der Waals surface area (Å²) in [5, 5.41) is 3.66. The largest absolute Gasteiger partial charge is 0.493 e. The Kier molecular flexibility index (Phi) is 5.14. The summed E-state index contributed by atoms with van der Waals surface area (Å²) < 4.78 is 16.9. The van der Waals surface area contributed by atoms with Gasteiger partial charge in [-0.1, -0.05) is 24.3 Å². The van der Waals surface area contributed by atoms with Crippen LogP contribution in [0.4, 0.5) is 5.69 Å². The number of para-hydroxylation sites is 2. The van der Waals surface area contributed by atoms with E-state index in [1.807, 2.05) is 32.0 Å². The van der Waals surface area contributed by atoms with Crippen molar-refractivity contribution in [2.75, 3.05) is 19.0 Å². The summed E-state index contributed by atoms with van der Waals surface area (Å²) in [6, 6.07) is 15.9. The van der Waals surface area contributed by atoms with Gasteiger partial charge in [0.25, 0.3) is 5.91 Å². The van der Waals surface area contributed by atoms with Gasteiger partial charge in [0.05, 0.1) is 17.9 Å². The number of fused-ring (bicyclic) bond motifs is 2. The average molecular weight is 403 g/mol. The monoisotopic (exact) mass is 403 g/mol. The molecule has 0 unspecified atom stereocenters. The highest BCUT2D eigenvalue weighted by atomic mass is 16.5. The van der Waals surface area contributed by atoms with Gasteiger partial charge in [0.1, 0.15) is 11.3 Å². The molecule has 0 bridgehead atoms. The first-order valence-corrected chi connectivity index (χ1v) is 9.50. The summed E-state index contributed by atoms with van der Waals surface area (Å²) in [4.78, 5) is 25.2. The number of hydrogen-bond acceptors (Lipinski definition) is 5. The Morgan fingerprint density at radius 3 is 2.47 bits per heavy atom. The van der Waals surface area contributed by atoms with Crippen molar-refractivity contribution in [3.05, 3.63) is 75.9 Å². The first kappa shape index (κ1) is 19.5. The minimum atomic E-state index is -0.308. The second-order valence-corrected chi connectivity index (χ2v) is 7.04. The van der Waals surface area contributed by atoms with E-state index in [2.05, 4.69) is 5.32 Å². The summed E-state index contributed by atoms with van der Waals surface area (Å²) in [5.41, 5.74) is 3.04. The van der Waals surface area contributed by atoms with Gasteiger partial charge in [0.15, 0.2) is 17.9 Å². The minimum Gasteiger partial charge on any atom is -0.493 e. The van der Waals surface area contributed by atoms with Crippen LogP contribution in [0.15, 0.2) is 63.8 Å². The van der Waals surface area contributed by atoms with E-state index in [-0.39, 0.29) is 17.9 Å². The van der Waals surface area contributed by atoms with Crippen molar-refractivity contribution in [3.63, 3.8) is 0 Å². The molecule has 0 spiro atoms. The van der Waals surface area contributed by atoms with Gasteiger partial charge in [-0.05, 0) is 49.2 Å². The number of hydrogen-bond donors (Lipinski definition) is 1. The quantitative estimate of drug-likeness (QED) is 0.493. The maximum atomic E-state index is 12.8. The number of anilines is 1. The van der Waals surface area contributed by atoms with E-state index < -0.39 is 0 Å². The predicted molar refractivity (Wildman–Crippen MR) is 117 cm³/mol. The Morgan fingerprint density at radius 1 is 1.00 bits per heavy atom. The molecule has 0 saturated heterocycles. The Balaban J connectivity index is 1.59. The van der Waals surface area contributed by atoms with Crippen LogP contribution in [0, 0.1) is 13.8 Å². The molecule has 0 atom stereocenters. The Labute approximate surface area is 173 Å². The minimum absolute atomic E-state index is 0.126. The van der Waals surface area contributed by atoms with Gasteiger partial charge in [0, 0.05) is 11.8 Å². The van der Waals surface area contributed by atoms with Crippen LogP contribution in [0.5, 0.6) is 11.5 Å². The van der Waals surface area contributed by atoms with Crippen LogP contribution in [-0.2, 0) is 4.79 Å². The SMILES string of the molecule is COc1cccc2c(=O)c3ccc(NC(=O)COc4c(C)cccc4C)cc3oc12. The third kappa shape index (κ3) is 3.59. The second kappa shape index (κ2) is 7.91. The van der Waals surface area contributed by atoms with Crippen LogP contribution in [0.3, 0.4) is 0 Å². The molecule has 6 heteroatoms. The molecule has 6 nitrogen and oxygen atoms in total. The smallest absolute Gasteiger partial charge is 0.262 e. The number of methoxy groups -OCH3 is 1. The van der Waals surface area contributed by atoms with Crippen molar-refractivity contribution in [1.29, 1.82) is 0 Å². The Morgan fingerprint density at radius 2 is 1.73 bits per heavy atom. The average Bonchev–Trinajstić information content (AvgIpc) is 2.73. The molecule has 1 aromatic heterocycles. The second-order valence-electron chi connectivity index (χ2n) is 7.04. The highest BCUT2D eigenvalue weighted by Gasteiger charge is 2.13. The van der Waals surface area contributed by atoms with E-state index in [1.165, 1.54) is 7.11 Å². The fourth-order valence-electron chi connectivity index (χ4n) is 3.45. The van der Waals surface area contributed by atoms with E-state index in [4.69, 9.17) is 13.9 Å². The fraction of sp³-hybridized carbons (Fsp3) is 0.167. The zero-order valence-corrected chi connectivity index (χ0v) is 16.9. The van der Waals surface area contributed by atoms with Gasteiger partial charge in [-0.2, -0.15) is 0 Å². The molecule has 3 aromatic carbocycles. The topological polar surface area (TPSA) is 77.8 Å². The van der Waals surface area contributed by atoms with Gasteiger partial charge >= 0.3 is 0 Å². The molecule has 0 aliphatic carbocycles. The molecule has 0 aliphatic rings. The number of aryl methyl sites for hydroxylation is 2. The van der Waals surface area contributed by atoms with Crippen molar-refractivity contribution < 1.29 is 18.7 Å². The number of carbonyl (C=O) groups is 1. The van der Waals surface area contributed by atoms with E-state index >= 15 is 0 Å². The molecule has 1 N–H and O–H groups in total. The summed E-state index contributed by atoms with van der Waals surface area (Å²) in [7, 11) is 1.52. The lowest BCUT2D eigenvalue weighted by Gasteiger charge is -2.12. The first-order valence-electron chi connectivity index (χ1n) is 9.50. The van der Waals surface area contributed by atoms with Gasteiger partial charge in [0.2, 0.25) is 5.43 Å². The molecule has 0 radical (unpaired) electrons. The molecular weight excluding hydrogens is 382 g/mol. The van der Waals surface area contributed by atoms with Crippen LogP contribution in [0.2, 0.25) is 0 Å². The molecule has 1 amide bonds. The van der Waals surface area contributed by atoms with Crippen molar-refractivity contribution in [2.24, 2.45) is 0 Å². The van der Waals surface area contributed by atoms with Crippen LogP contribution in [0.25, 0.3) is 21.9 Å². The number of nitrogens with one attached hydrogen (secondary N) is 1. The Bertz CT molecular complexity index is 1300. The third-order valence-corrected chi connectivity index (χ3v) is 4.92. The molecule has 0 saturated carbocycles. The number of ether oxygens (including phenoxy) is 2. The lowest BCUT2D eigenvalue weighted by Crippen LogP contribution is -2.20. The van der Waals surface area contributed by atoms with Crippen LogP contribution in [0.1, 0.15) is 11.1 Å². The van der Waals surface area contributed by atoms with Gasteiger partial charge in [-0.3, -0.25) is 9.59 Å². The van der Waals surface area contributed by atoms with Crippen molar-refractivity contribution in [2.45, 2.75) is 13.8 Å². The lowest BCUT2D eigenvalue weighted by molar-refractivity contribution is -0.118. The first-order chi connectivity index (χ1) is 14.5. The number of amides is 1. The van der Waals surface area contributed by atoms with Crippen molar-refractivity contribution in [3.8, 4) is 11.5 Å². The lowest BCUT2D eigenvalue weighted by atomic mass is 10.1. The fourth-order valence-corrected chi connectivity index (χ4v) is 3.45. The normalized spacial score (nSPS) is 10.9. The van der Waals surface area contributed by atoms with E-state index in [1.54, 1.807) is 36.4 Å². The van der Waals surface area contributed by atoms with Gasteiger partial charge in [-0.15, -0.1) is 0 Å². The molecular formula is C24H21NO5. The molecule has 152 valence electrons. The molecule has 30 heavy (non-hydrogen) atoms. The van der Waals surface area contributed by atoms with Crippen LogP contribution < -0.4 is 20.2 Å². The predicted octanol–water partition coefficient (Wildman–Crippen LogP) is 4.59. The molecule has 1 heterocycles. The van der Waals surface area contributed by atoms with E-state index in [0.717, 1.165) is 11.1 Å². The van der Waals surface area contributed by atoms with E-state index in [0.29, 0.717) is 39.1 Å². The number of benzene rings is 3. The zero-order chi connectivity index (χ0) is 21.3. The molecule has 4 aromatic rings. The summed E-state index contributed by atoms with van der Waals surface area (Å²) in [6.45, 7) is 3.74. The zero-order valence-electron chi connectivity index (χ0n) is 16.9. The highest BCUT2D eigenvalue weighted by molar-refractivity contribution is 5.97. The summed E-state index contributed by atoms with van der Waals surface area (Å²) in [6.07, 6.45) is 0. The van der Waals surface area contributed by atoms with Gasteiger partial charge < -0.3 is 19.2 Å². The summed E-state index contributed by atoms with van der Waals surface area (Å²) in [5.74, 6) is 0.872. The Hall–Kier alpha value is -3.80. The van der Waals surface area contributed by atoms with E-state index in [9.17, 15) is 9.59 Å². The van der Waals surface area contributed by atoms with Crippen LogP contribution >= 0.6 is 0 Å². The maximum absolute atomic E-state index is 12.8.